The fraction of sp³-hybridized carbons (Fsp3) is 0.267. The summed E-state index contributed by atoms with van der Waals surface area (Å²) in [5.74, 6) is 5.46. The van der Waals surface area contributed by atoms with Crippen molar-refractivity contribution in [1.82, 2.24) is 15.3 Å². The highest BCUT2D eigenvalue weighted by Crippen LogP contribution is 2.02. The van der Waals surface area contributed by atoms with Crippen LogP contribution in [0, 0.1) is 11.8 Å². The number of rotatable bonds is 5. The second-order valence-corrected chi connectivity index (χ2v) is 4.91. The number of carbonyl (C=O) groups is 1. The van der Waals surface area contributed by atoms with E-state index in [0.29, 0.717) is 25.1 Å². The van der Waals surface area contributed by atoms with Crippen molar-refractivity contribution in [2.45, 2.75) is 12.8 Å². The average Bonchev–Trinajstić information content (AvgIpc) is 3.01. The summed E-state index contributed by atoms with van der Waals surface area (Å²) in [6, 6.07) is 3.38. The number of aliphatic hydroxyl groups is 1. The molecule has 0 fully saturated rings. The lowest BCUT2D eigenvalue weighted by atomic mass is 10.2. The first kappa shape index (κ1) is 15.2. The Morgan fingerprint density at radius 2 is 2.29 bits per heavy atom. The maximum atomic E-state index is 11.9. The summed E-state index contributed by atoms with van der Waals surface area (Å²) in [4.78, 5) is 20.1. The SMILES string of the molecule is O=C(NCCc1cscn1)c1ccc(C#CCCO)cn1. The molecule has 0 aliphatic heterocycles. The van der Waals surface area contributed by atoms with Crippen LogP contribution >= 0.6 is 11.3 Å². The molecule has 2 aromatic rings. The first-order valence-electron chi connectivity index (χ1n) is 6.50. The fourth-order valence-corrected chi connectivity index (χ4v) is 2.17. The van der Waals surface area contributed by atoms with Crippen LogP contribution in [0.1, 0.15) is 28.2 Å². The number of pyridine rings is 1. The summed E-state index contributed by atoms with van der Waals surface area (Å²) >= 11 is 1.54. The number of aliphatic hydroxyl groups excluding tert-OH is 1. The molecule has 2 aromatic heterocycles. The van der Waals surface area contributed by atoms with Crippen LogP contribution in [0.2, 0.25) is 0 Å². The molecule has 6 heteroatoms. The molecule has 0 radical (unpaired) electrons. The molecule has 5 nitrogen and oxygen atoms in total. The van der Waals surface area contributed by atoms with E-state index < -0.39 is 0 Å². The second-order valence-electron chi connectivity index (χ2n) is 4.19. The van der Waals surface area contributed by atoms with Crippen molar-refractivity contribution in [3.05, 3.63) is 46.2 Å². The number of thiazole rings is 1. The molecule has 0 saturated heterocycles. The molecular weight excluding hydrogens is 286 g/mol. The van der Waals surface area contributed by atoms with Gasteiger partial charge in [-0.2, -0.15) is 0 Å². The van der Waals surface area contributed by atoms with Crippen molar-refractivity contribution in [3.8, 4) is 11.8 Å². The van der Waals surface area contributed by atoms with Crippen molar-refractivity contribution in [2.75, 3.05) is 13.2 Å². The first-order valence-corrected chi connectivity index (χ1v) is 7.45. The smallest absolute Gasteiger partial charge is 0.269 e. The van der Waals surface area contributed by atoms with Crippen LogP contribution in [0.25, 0.3) is 0 Å². The van der Waals surface area contributed by atoms with Gasteiger partial charge in [-0.25, -0.2) is 9.97 Å². The van der Waals surface area contributed by atoms with Gasteiger partial charge in [-0.15, -0.1) is 11.3 Å². The minimum Gasteiger partial charge on any atom is -0.395 e. The van der Waals surface area contributed by atoms with Gasteiger partial charge in [-0.1, -0.05) is 11.8 Å². The normalized spacial score (nSPS) is 9.76. The highest BCUT2D eigenvalue weighted by Gasteiger charge is 2.06. The molecule has 0 bridgehead atoms. The largest absolute Gasteiger partial charge is 0.395 e. The van der Waals surface area contributed by atoms with E-state index in [9.17, 15) is 4.79 Å². The Bertz CT molecular complexity index is 627. The Morgan fingerprint density at radius 3 is 2.95 bits per heavy atom. The van der Waals surface area contributed by atoms with Gasteiger partial charge < -0.3 is 10.4 Å². The van der Waals surface area contributed by atoms with E-state index in [1.807, 2.05) is 5.38 Å². The second kappa shape index (κ2) is 8.15. The summed E-state index contributed by atoms with van der Waals surface area (Å²) in [5, 5.41) is 13.4. The van der Waals surface area contributed by atoms with Crippen LogP contribution in [0.5, 0.6) is 0 Å². The van der Waals surface area contributed by atoms with Gasteiger partial charge in [0.15, 0.2) is 0 Å². The third-order valence-corrected chi connectivity index (χ3v) is 3.25. The number of hydrogen-bond donors (Lipinski definition) is 2. The zero-order valence-corrected chi connectivity index (χ0v) is 12.2. The van der Waals surface area contributed by atoms with Crippen LogP contribution in [-0.4, -0.2) is 34.1 Å². The molecule has 0 aromatic carbocycles. The maximum Gasteiger partial charge on any atom is 0.269 e. The third kappa shape index (κ3) is 4.99. The lowest BCUT2D eigenvalue weighted by molar-refractivity contribution is 0.0949. The fourth-order valence-electron chi connectivity index (χ4n) is 1.58. The topological polar surface area (TPSA) is 75.1 Å². The van der Waals surface area contributed by atoms with E-state index in [1.54, 1.807) is 23.8 Å². The van der Waals surface area contributed by atoms with E-state index in [2.05, 4.69) is 27.1 Å². The maximum absolute atomic E-state index is 11.9. The number of hydrogen-bond acceptors (Lipinski definition) is 5. The minimum atomic E-state index is -0.208. The highest BCUT2D eigenvalue weighted by molar-refractivity contribution is 7.07. The average molecular weight is 301 g/mol. The lowest BCUT2D eigenvalue weighted by Crippen LogP contribution is -2.26. The van der Waals surface area contributed by atoms with Gasteiger partial charge in [-0.05, 0) is 12.1 Å². The van der Waals surface area contributed by atoms with Gasteiger partial charge in [0.05, 0.1) is 17.8 Å². The van der Waals surface area contributed by atoms with Gasteiger partial charge in [0.1, 0.15) is 5.69 Å². The Labute approximate surface area is 127 Å². The Hall–Kier alpha value is -2.23. The van der Waals surface area contributed by atoms with Gasteiger partial charge in [0.25, 0.3) is 5.91 Å². The standard InChI is InChI=1S/C15H15N3O2S/c19-8-2-1-3-12-4-5-14(17-9-12)15(20)16-7-6-13-10-21-11-18-13/h4-5,9-11,19H,2,6-8H2,(H,16,20). The van der Waals surface area contributed by atoms with Gasteiger partial charge in [0.2, 0.25) is 0 Å². The number of aromatic nitrogens is 2. The molecule has 21 heavy (non-hydrogen) atoms. The van der Waals surface area contributed by atoms with Crippen molar-refractivity contribution in [1.29, 1.82) is 0 Å². The third-order valence-electron chi connectivity index (χ3n) is 2.62. The summed E-state index contributed by atoms with van der Waals surface area (Å²) < 4.78 is 0. The lowest BCUT2D eigenvalue weighted by Gasteiger charge is -2.03. The van der Waals surface area contributed by atoms with Crippen LogP contribution in [0.15, 0.2) is 29.2 Å². The van der Waals surface area contributed by atoms with E-state index >= 15 is 0 Å². The molecule has 2 rings (SSSR count). The molecular formula is C15H15N3O2S. The summed E-state index contributed by atoms with van der Waals surface area (Å²) in [5.41, 5.74) is 3.83. The Balaban J connectivity index is 1.83. The molecule has 108 valence electrons. The summed E-state index contributed by atoms with van der Waals surface area (Å²) in [6.07, 6.45) is 2.69. The van der Waals surface area contributed by atoms with Crippen molar-refractivity contribution >= 4 is 17.2 Å². The number of nitrogens with one attached hydrogen (secondary N) is 1. The molecule has 2 N–H and O–H groups in total. The highest BCUT2D eigenvalue weighted by atomic mass is 32.1. The van der Waals surface area contributed by atoms with Gasteiger partial charge >= 0.3 is 0 Å². The predicted molar refractivity (Wildman–Crippen MR) is 81.0 cm³/mol. The molecule has 0 atom stereocenters. The Kier molecular flexibility index (Phi) is 5.88. The number of amides is 1. The van der Waals surface area contributed by atoms with Gasteiger partial charge in [-0.3, -0.25) is 4.79 Å². The van der Waals surface area contributed by atoms with Crippen molar-refractivity contribution in [3.63, 3.8) is 0 Å². The van der Waals surface area contributed by atoms with Crippen LogP contribution in [-0.2, 0) is 6.42 Å². The van der Waals surface area contributed by atoms with E-state index in [-0.39, 0.29) is 12.5 Å². The van der Waals surface area contributed by atoms with Crippen LogP contribution in [0.3, 0.4) is 0 Å². The van der Waals surface area contributed by atoms with Gasteiger partial charge in [0, 0.05) is 36.5 Å². The quantitative estimate of drug-likeness (QED) is 0.815. The van der Waals surface area contributed by atoms with Crippen molar-refractivity contribution in [2.24, 2.45) is 0 Å². The zero-order chi connectivity index (χ0) is 14.9. The molecule has 1 amide bonds. The molecule has 0 unspecified atom stereocenters. The summed E-state index contributed by atoms with van der Waals surface area (Å²) in [7, 11) is 0. The number of carbonyl (C=O) groups excluding carboxylic acids is 1. The summed E-state index contributed by atoms with van der Waals surface area (Å²) in [6.45, 7) is 0.572. The van der Waals surface area contributed by atoms with E-state index in [4.69, 9.17) is 5.11 Å². The molecule has 2 heterocycles. The molecule has 0 spiro atoms. The molecule has 0 saturated carbocycles. The van der Waals surface area contributed by atoms with E-state index in [0.717, 1.165) is 11.3 Å². The van der Waals surface area contributed by atoms with E-state index in [1.165, 1.54) is 11.3 Å². The number of nitrogens with zero attached hydrogens (tertiary/aromatic N) is 2. The minimum absolute atomic E-state index is 0.0416. The zero-order valence-electron chi connectivity index (χ0n) is 11.4. The monoisotopic (exact) mass is 301 g/mol. The Morgan fingerprint density at radius 1 is 1.38 bits per heavy atom. The van der Waals surface area contributed by atoms with Crippen LogP contribution in [0.4, 0.5) is 0 Å². The van der Waals surface area contributed by atoms with Crippen LogP contribution < -0.4 is 5.32 Å². The molecule has 0 aliphatic carbocycles. The molecule has 0 aliphatic rings. The predicted octanol–water partition coefficient (Wildman–Crippen LogP) is 1.24. The van der Waals surface area contributed by atoms with Crippen molar-refractivity contribution < 1.29 is 9.90 Å². The first-order chi connectivity index (χ1) is 10.3.